The van der Waals surface area contributed by atoms with Gasteiger partial charge in [0.05, 0.1) is 6.10 Å². The topological polar surface area (TPSA) is 128 Å². The van der Waals surface area contributed by atoms with Crippen molar-refractivity contribution in [3.63, 3.8) is 0 Å². The first-order valence-corrected chi connectivity index (χ1v) is 9.67. The number of aromatic nitrogens is 2. The number of hydrogen-bond acceptors (Lipinski definition) is 8. The average molecular weight is 429 g/mol. The third kappa shape index (κ3) is 5.34. The van der Waals surface area contributed by atoms with Crippen LogP contribution < -0.4 is 10.6 Å². The van der Waals surface area contributed by atoms with Crippen molar-refractivity contribution in [1.82, 2.24) is 9.97 Å². The lowest BCUT2D eigenvalue weighted by Gasteiger charge is -2.31. The van der Waals surface area contributed by atoms with Crippen molar-refractivity contribution in [2.45, 2.75) is 45.6 Å². The number of benzene rings is 1. The van der Waals surface area contributed by atoms with Crippen LogP contribution in [0.2, 0.25) is 0 Å². The molecule has 164 valence electrons. The van der Waals surface area contributed by atoms with Gasteiger partial charge >= 0.3 is 17.6 Å². The van der Waals surface area contributed by atoms with E-state index in [1.807, 2.05) is 0 Å². The molecule has 0 saturated carbocycles. The van der Waals surface area contributed by atoms with E-state index in [4.69, 9.17) is 14.2 Å². The third-order valence-electron chi connectivity index (χ3n) is 4.63. The first-order chi connectivity index (χ1) is 14.8. The maximum atomic E-state index is 13.5. The highest BCUT2D eigenvalue weighted by molar-refractivity contribution is 6.06. The van der Waals surface area contributed by atoms with Gasteiger partial charge in [0.25, 0.3) is 5.91 Å². The second-order valence-electron chi connectivity index (χ2n) is 7.09. The predicted molar refractivity (Wildman–Crippen MR) is 108 cm³/mol. The van der Waals surface area contributed by atoms with Gasteiger partial charge in [0.1, 0.15) is 18.5 Å². The average Bonchev–Trinajstić information content (AvgIpc) is 3.11. The van der Waals surface area contributed by atoms with Crippen molar-refractivity contribution in [2.75, 3.05) is 11.5 Å². The van der Waals surface area contributed by atoms with Gasteiger partial charge < -0.3 is 19.2 Å². The third-order valence-corrected chi connectivity index (χ3v) is 4.63. The Hall–Kier alpha value is -3.53. The molecule has 0 spiro atoms. The number of rotatable bonds is 6. The second-order valence-corrected chi connectivity index (χ2v) is 7.09. The molecule has 10 nitrogen and oxygen atoms in total. The van der Waals surface area contributed by atoms with Crippen molar-refractivity contribution < 1.29 is 28.6 Å². The van der Waals surface area contributed by atoms with Gasteiger partial charge in [0.2, 0.25) is 0 Å². The summed E-state index contributed by atoms with van der Waals surface area (Å²) in [6, 6.07) is 8.40. The number of nitrogens with one attached hydrogen (secondary N) is 1. The van der Waals surface area contributed by atoms with E-state index < -0.39 is 42.0 Å². The maximum absolute atomic E-state index is 13.5. The quantitative estimate of drug-likeness (QED) is 0.681. The molecule has 1 aliphatic heterocycles. The fraction of sp³-hybridized carbons (Fsp3) is 0.381. The number of aryl methyl sites for hydroxylation is 1. The predicted octanol–water partition coefficient (Wildman–Crippen LogP) is 1.33. The number of anilines is 1. The minimum absolute atomic E-state index is 0.0707. The summed E-state index contributed by atoms with van der Waals surface area (Å²) in [6.07, 6.45) is -0.927. The van der Waals surface area contributed by atoms with Crippen molar-refractivity contribution in [1.29, 1.82) is 0 Å². The number of H-pyrrole nitrogens is 1. The number of esters is 2. The van der Waals surface area contributed by atoms with Crippen molar-refractivity contribution in [3.8, 4) is 0 Å². The summed E-state index contributed by atoms with van der Waals surface area (Å²) in [5.41, 5.74) is 0.194. The Morgan fingerprint density at radius 1 is 1.19 bits per heavy atom. The number of nitrogens with zero attached hydrogens (tertiary/aromatic N) is 2. The molecule has 1 aromatic carbocycles. The van der Waals surface area contributed by atoms with Gasteiger partial charge in [0, 0.05) is 37.6 Å². The Labute approximate surface area is 178 Å². The number of hydrogen-bond donors (Lipinski definition) is 1. The van der Waals surface area contributed by atoms with Crippen LogP contribution in [0.15, 0.2) is 41.3 Å². The molecule has 0 radical (unpaired) electrons. The van der Waals surface area contributed by atoms with Crippen LogP contribution in [-0.4, -0.2) is 52.9 Å². The summed E-state index contributed by atoms with van der Waals surface area (Å²) in [5.74, 6) is -1.46. The molecule has 2 aromatic rings. The lowest BCUT2D eigenvalue weighted by molar-refractivity contribution is -0.149. The molecule has 1 N–H and O–H groups in total. The number of carbonyl (C=O) groups excluding carboxylic acids is 3. The van der Waals surface area contributed by atoms with Gasteiger partial charge in [-0.1, -0.05) is 18.2 Å². The van der Waals surface area contributed by atoms with Crippen molar-refractivity contribution in [3.05, 3.63) is 58.1 Å². The van der Waals surface area contributed by atoms with Gasteiger partial charge in [-0.2, -0.15) is 4.98 Å². The smallest absolute Gasteiger partial charge is 0.346 e. The molecule has 10 heteroatoms. The summed E-state index contributed by atoms with van der Waals surface area (Å²) in [6.45, 7) is 4.12. The summed E-state index contributed by atoms with van der Waals surface area (Å²) in [4.78, 5) is 55.9. The van der Waals surface area contributed by atoms with Crippen LogP contribution in [0.1, 0.15) is 36.2 Å². The minimum Gasteiger partial charge on any atom is -0.463 e. The molecule has 1 aliphatic rings. The zero-order valence-electron chi connectivity index (χ0n) is 17.4. The van der Waals surface area contributed by atoms with Crippen LogP contribution in [0.5, 0.6) is 0 Å². The van der Waals surface area contributed by atoms with Crippen molar-refractivity contribution in [2.24, 2.45) is 0 Å². The van der Waals surface area contributed by atoms with E-state index in [2.05, 4.69) is 9.97 Å². The molecule has 0 unspecified atom stereocenters. The van der Waals surface area contributed by atoms with E-state index in [1.165, 1.54) is 24.9 Å². The summed E-state index contributed by atoms with van der Waals surface area (Å²) in [7, 11) is 0. The van der Waals surface area contributed by atoms with E-state index in [-0.39, 0.29) is 18.8 Å². The lowest BCUT2D eigenvalue weighted by atomic mass is 10.1. The van der Waals surface area contributed by atoms with Crippen LogP contribution in [0.3, 0.4) is 0 Å². The van der Waals surface area contributed by atoms with Crippen LogP contribution in [0.4, 0.5) is 5.82 Å². The van der Waals surface area contributed by atoms with Gasteiger partial charge in [-0.25, -0.2) is 4.79 Å². The van der Waals surface area contributed by atoms with Gasteiger partial charge in [-0.05, 0) is 19.1 Å². The van der Waals surface area contributed by atoms with E-state index >= 15 is 0 Å². The molecule has 0 aliphatic carbocycles. The monoisotopic (exact) mass is 429 g/mol. The van der Waals surface area contributed by atoms with Crippen LogP contribution >= 0.6 is 0 Å². The van der Waals surface area contributed by atoms with Crippen LogP contribution in [0.25, 0.3) is 0 Å². The van der Waals surface area contributed by atoms with E-state index in [9.17, 15) is 19.2 Å². The molecule has 1 aromatic heterocycles. The number of carbonyl (C=O) groups is 3. The summed E-state index contributed by atoms with van der Waals surface area (Å²) >= 11 is 0. The molecule has 0 bridgehead atoms. The highest BCUT2D eigenvalue weighted by atomic mass is 16.6. The largest absolute Gasteiger partial charge is 0.463 e. The summed E-state index contributed by atoms with van der Waals surface area (Å²) < 4.78 is 16.4. The normalized spacial score (nSPS) is 20.2. The molecule has 31 heavy (non-hydrogen) atoms. The minimum atomic E-state index is -1.08. The Kier molecular flexibility index (Phi) is 6.81. The highest BCUT2D eigenvalue weighted by Crippen LogP contribution is 2.31. The Balaban J connectivity index is 2.04. The first-order valence-electron chi connectivity index (χ1n) is 9.67. The molecule has 1 amide bonds. The highest BCUT2D eigenvalue weighted by Gasteiger charge is 2.45. The van der Waals surface area contributed by atoms with Gasteiger partial charge in [-0.15, -0.1) is 0 Å². The van der Waals surface area contributed by atoms with Crippen molar-refractivity contribution >= 4 is 23.7 Å². The van der Waals surface area contributed by atoms with Gasteiger partial charge in [-0.3, -0.25) is 19.3 Å². The molecular weight excluding hydrogens is 406 g/mol. The lowest BCUT2D eigenvalue weighted by Crippen LogP contribution is -2.48. The fourth-order valence-electron chi connectivity index (χ4n) is 3.33. The molecule has 3 atom stereocenters. The maximum Gasteiger partial charge on any atom is 0.346 e. The SMILES string of the molecule is CC(=O)OC[C@@H]1C[C@@H](OC(C)=O)[C@H](N(C(=O)c2ccccc2)c2nc(=O)[nH]cc2C)O1. The second kappa shape index (κ2) is 9.52. The Bertz CT molecular complexity index is 1020. The summed E-state index contributed by atoms with van der Waals surface area (Å²) in [5, 5.41) is 0. The number of ether oxygens (including phenoxy) is 3. The number of amides is 1. The molecule has 1 saturated heterocycles. The fourth-order valence-corrected chi connectivity index (χ4v) is 3.33. The number of aromatic amines is 1. The zero-order chi connectivity index (χ0) is 22.5. The molecular formula is C21H23N3O7. The van der Waals surface area contributed by atoms with E-state index in [1.54, 1.807) is 37.3 Å². The first kappa shape index (κ1) is 22.2. The van der Waals surface area contributed by atoms with E-state index in [0.717, 1.165) is 0 Å². The standard InChI is InChI=1S/C21H23N3O7/c1-12-10-22-21(28)23-18(12)24(19(27)15-7-5-4-6-8-15)20-17(30-14(3)26)9-16(31-20)11-29-13(2)25/h4-8,10,16-17,20H,9,11H2,1-3H3,(H,22,23,28)/t16-,17+,20+/m0/s1. The zero-order valence-corrected chi connectivity index (χ0v) is 17.4. The van der Waals surface area contributed by atoms with Crippen LogP contribution in [-0.2, 0) is 23.8 Å². The Morgan fingerprint density at radius 2 is 1.90 bits per heavy atom. The molecule has 3 rings (SSSR count). The van der Waals surface area contributed by atoms with Crippen LogP contribution in [0, 0.1) is 6.92 Å². The van der Waals surface area contributed by atoms with Gasteiger partial charge in [0.15, 0.2) is 6.23 Å². The molecule has 1 fully saturated rings. The van der Waals surface area contributed by atoms with E-state index in [0.29, 0.717) is 11.1 Å². The Morgan fingerprint density at radius 3 is 2.55 bits per heavy atom. The molecule has 2 heterocycles.